The Balaban J connectivity index is 1.76. The Morgan fingerprint density at radius 2 is 2.11 bits per heavy atom. The summed E-state index contributed by atoms with van der Waals surface area (Å²) in [7, 11) is 2.23. The van der Waals surface area contributed by atoms with Crippen molar-refractivity contribution in [2.45, 2.75) is 32.4 Å². The number of piperidine rings is 1. The summed E-state index contributed by atoms with van der Waals surface area (Å²) in [6.07, 6.45) is 1.22. The Morgan fingerprint density at radius 1 is 1.26 bits per heavy atom. The number of anilines is 1. The molecule has 0 radical (unpaired) electrons. The van der Waals surface area contributed by atoms with Crippen molar-refractivity contribution in [3.8, 4) is 0 Å². The van der Waals surface area contributed by atoms with Gasteiger partial charge in [0.1, 0.15) is 0 Å². The SMILES string of the molecule is CC1CN(C)C(C)CC1Nc1ccc2sccc2c1. The molecule has 0 spiro atoms. The molecule has 3 atom stereocenters. The number of rotatable bonds is 2. The van der Waals surface area contributed by atoms with Crippen LogP contribution in [0.2, 0.25) is 0 Å². The molecule has 3 heteroatoms. The molecule has 2 nitrogen and oxygen atoms in total. The Labute approximate surface area is 119 Å². The van der Waals surface area contributed by atoms with E-state index < -0.39 is 0 Å². The van der Waals surface area contributed by atoms with Crippen LogP contribution in [0.3, 0.4) is 0 Å². The molecule has 102 valence electrons. The highest BCUT2D eigenvalue weighted by Gasteiger charge is 2.28. The second-order valence-corrected chi connectivity index (χ2v) is 6.87. The summed E-state index contributed by atoms with van der Waals surface area (Å²) < 4.78 is 1.37. The molecule has 1 aromatic carbocycles. The fraction of sp³-hybridized carbons (Fsp3) is 0.500. The Kier molecular flexibility index (Phi) is 3.50. The van der Waals surface area contributed by atoms with Crippen molar-refractivity contribution in [1.82, 2.24) is 4.90 Å². The van der Waals surface area contributed by atoms with Crippen molar-refractivity contribution in [3.05, 3.63) is 29.6 Å². The predicted octanol–water partition coefficient (Wildman–Crippen LogP) is 4.04. The zero-order chi connectivity index (χ0) is 13.4. The molecule has 1 aromatic heterocycles. The molecule has 1 N–H and O–H groups in total. The summed E-state index contributed by atoms with van der Waals surface area (Å²) in [5, 5.41) is 7.25. The highest BCUT2D eigenvalue weighted by atomic mass is 32.1. The summed E-state index contributed by atoms with van der Waals surface area (Å²) in [5.74, 6) is 0.694. The highest BCUT2D eigenvalue weighted by Crippen LogP contribution is 2.28. The Morgan fingerprint density at radius 3 is 2.95 bits per heavy atom. The van der Waals surface area contributed by atoms with E-state index in [1.54, 1.807) is 0 Å². The lowest BCUT2D eigenvalue weighted by Crippen LogP contribution is -2.48. The van der Waals surface area contributed by atoms with Gasteiger partial charge < -0.3 is 10.2 Å². The lowest BCUT2D eigenvalue weighted by Gasteiger charge is -2.40. The molecule has 3 rings (SSSR count). The number of nitrogens with zero attached hydrogens (tertiary/aromatic N) is 1. The van der Waals surface area contributed by atoms with Crippen molar-refractivity contribution in [1.29, 1.82) is 0 Å². The van der Waals surface area contributed by atoms with E-state index >= 15 is 0 Å². The topological polar surface area (TPSA) is 15.3 Å². The summed E-state index contributed by atoms with van der Waals surface area (Å²) in [6.45, 7) is 5.85. The third-order valence-electron chi connectivity index (χ3n) is 4.41. The number of hydrogen-bond acceptors (Lipinski definition) is 3. The van der Waals surface area contributed by atoms with Gasteiger partial charge in [-0.3, -0.25) is 0 Å². The molecular formula is C16H22N2S. The first-order valence-electron chi connectivity index (χ1n) is 7.07. The number of hydrogen-bond donors (Lipinski definition) is 1. The molecule has 19 heavy (non-hydrogen) atoms. The van der Waals surface area contributed by atoms with Crippen LogP contribution in [0.1, 0.15) is 20.3 Å². The molecule has 0 amide bonds. The van der Waals surface area contributed by atoms with Gasteiger partial charge in [0.15, 0.2) is 0 Å². The first kappa shape index (κ1) is 12.9. The van der Waals surface area contributed by atoms with E-state index in [9.17, 15) is 0 Å². The second kappa shape index (κ2) is 5.14. The van der Waals surface area contributed by atoms with Gasteiger partial charge in [-0.05, 0) is 61.3 Å². The normalized spacial score (nSPS) is 28.7. The van der Waals surface area contributed by atoms with Crippen LogP contribution in [0, 0.1) is 5.92 Å². The van der Waals surface area contributed by atoms with E-state index in [1.807, 2.05) is 11.3 Å². The lowest BCUT2D eigenvalue weighted by molar-refractivity contribution is 0.145. The summed E-state index contributed by atoms with van der Waals surface area (Å²) in [4.78, 5) is 2.46. The first-order chi connectivity index (χ1) is 9.13. The molecule has 1 aliphatic rings. The molecule has 1 fully saturated rings. The van der Waals surface area contributed by atoms with E-state index in [1.165, 1.54) is 28.7 Å². The van der Waals surface area contributed by atoms with Crippen molar-refractivity contribution in [3.63, 3.8) is 0 Å². The fourth-order valence-electron chi connectivity index (χ4n) is 3.01. The van der Waals surface area contributed by atoms with E-state index in [4.69, 9.17) is 0 Å². The smallest absolute Gasteiger partial charge is 0.0349 e. The molecule has 1 saturated heterocycles. The number of benzene rings is 1. The van der Waals surface area contributed by atoms with Gasteiger partial charge in [0.2, 0.25) is 0 Å². The van der Waals surface area contributed by atoms with Crippen LogP contribution >= 0.6 is 11.3 Å². The van der Waals surface area contributed by atoms with Crippen LogP contribution in [0.15, 0.2) is 29.6 Å². The van der Waals surface area contributed by atoms with Crippen LogP contribution in [0.5, 0.6) is 0 Å². The van der Waals surface area contributed by atoms with Gasteiger partial charge in [0.05, 0.1) is 0 Å². The van der Waals surface area contributed by atoms with E-state index in [2.05, 4.69) is 60.8 Å². The number of nitrogens with one attached hydrogen (secondary N) is 1. The van der Waals surface area contributed by atoms with Crippen molar-refractivity contribution in [2.24, 2.45) is 5.92 Å². The first-order valence-corrected chi connectivity index (χ1v) is 7.95. The number of fused-ring (bicyclic) bond motifs is 1. The predicted molar refractivity (Wildman–Crippen MR) is 85.1 cm³/mol. The van der Waals surface area contributed by atoms with Gasteiger partial charge in [-0.1, -0.05) is 6.92 Å². The Hall–Kier alpha value is -1.06. The minimum absolute atomic E-state index is 0.585. The average Bonchev–Trinajstić information content (AvgIpc) is 2.83. The molecule has 0 aliphatic carbocycles. The summed E-state index contributed by atoms with van der Waals surface area (Å²) in [6, 6.07) is 10.2. The maximum absolute atomic E-state index is 3.74. The molecule has 3 unspecified atom stereocenters. The van der Waals surface area contributed by atoms with Gasteiger partial charge in [-0.25, -0.2) is 0 Å². The quantitative estimate of drug-likeness (QED) is 0.889. The van der Waals surface area contributed by atoms with E-state index in [0.29, 0.717) is 18.0 Å². The van der Waals surface area contributed by atoms with Crippen molar-refractivity contribution in [2.75, 3.05) is 18.9 Å². The third-order valence-corrected chi connectivity index (χ3v) is 5.31. The molecule has 0 bridgehead atoms. The molecular weight excluding hydrogens is 252 g/mol. The van der Waals surface area contributed by atoms with Gasteiger partial charge in [0.25, 0.3) is 0 Å². The van der Waals surface area contributed by atoms with Crippen LogP contribution in [0.25, 0.3) is 10.1 Å². The van der Waals surface area contributed by atoms with Gasteiger partial charge >= 0.3 is 0 Å². The highest BCUT2D eigenvalue weighted by molar-refractivity contribution is 7.17. The second-order valence-electron chi connectivity index (χ2n) is 5.93. The van der Waals surface area contributed by atoms with Crippen LogP contribution in [-0.4, -0.2) is 30.6 Å². The Bertz CT molecular complexity index is 563. The third kappa shape index (κ3) is 2.63. The zero-order valence-electron chi connectivity index (χ0n) is 11.9. The van der Waals surface area contributed by atoms with Crippen molar-refractivity contribution >= 4 is 27.1 Å². The zero-order valence-corrected chi connectivity index (χ0v) is 12.7. The van der Waals surface area contributed by atoms with Crippen LogP contribution in [0.4, 0.5) is 5.69 Å². The van der Waals surface area contributed by atoms with Gasteiger partial charge in [0, 0.05) is 29.0 Å². The van der Waals surface area contributed by atoms with Gasteiger partial charge in [-0.2, -0.15) is 0 Å². The average molecular weight is 274 g/mol. The molecule has 2 aromatic rings. The summed E-state index contributed by atoms with van der Waals surface area (Å²) in [5.41, 5.74) is 1.26. The fourth-order valence-corrected chi connectivity index (χ4v) is 3.78. The van der Waals surface area contributed by atoms with E-state index in [0.717, 1.165) is 0 Å². The van der Waals surface area contributed by atoms with Crippen LogP contribution in [-0.2, 0) is 0 Å². The summed E-state index contributed by atoms with van der Waals surface area (Å²) >= 11 is 1.81. The molecule has 1 aliphatic heterocycles. The van der Waals surface area contributed by atoms with E-state index in [-0.39, 0.29) is 0 Å². The number of thiophene rings is 1. The lowest BCUT2D eigenvalue weighted by atomic mass is 9.89. The monoisotopic (exact) mass is 274 g/mol. The van der Waals surface area contributed by atoms with Gasteiger partial charge in [-0.15, -0.1) is 11.3 Å². The molecule has 2 heterocycles. The van der Waals surface area contributed by atoms with Crippen molar-refractivity contribution < 1.29 is 0 Å². The minimum Gasteiger partial charge on any atom is -0.382 e. The maximum atomic E-state index is 3.74. The maximum Gasteiger partial charge on any atom is 0.0349 e. The molecule has 0 saturated carbocycles. The van der Waals surface area contributed by atoms with Crippen LogP contribution < -0.4 is 5.32 Å². The largest absolute Gasteiger partial charge is 0.382 e. The standard InChI is InChI=1S/C16H22N2S/c1-11-10-18(3)12(2)8-15(11)17-14-4-5-16-13(9-14)6-7-19-16/h4-7,9,11-12,15,17H,8,10H2,1-3H3. The minimum atomic E-state index is 0.585. The number of likely N-dealkylation sites (tertiary alicyclic amines) is 1.